The number of amides is 1. The second kappa shape index (κ2) is 8.38. The first-order valence-corrected chi connectivity index (χ1v) is 6.97. The van der Waals surface area contributed by atoms with Gasteiger partial charge < -0.3 is 20.5 Å². The SMILES string of the molecule is CC(O)CNCC(CNC(=O)OC(C)(C)C)C(C)C. The first-order chi connectivity index (χ1) is 8.61. The molecule has 0 bridgehead atoms. The minimum absolute atomic E-state index is 0.311. The molecule has 0 saturated carbocycles. The number of rotatable bonds is 7. The summed E-state index contributed by atoms with van der Waals surface area (Å²) in [6.07, 6.45) is -0.736. The van der Waals surface area contributed by atoms with Crippen LogP contribution in [0, 0.1) is 11.8 Å². The van der Waals surface area contributed by atoms with E-state index in [0.29, 0.717) is 24.9 Å². The van der Waals surface area contributed by atoms with Crippen LogP contribution in [-0.4, -0.2) is 42.5 Å². The van der Waals surface area contributed by atoms with E-state index in [4.69, 9.17) is 4.74 Å². The average Bonchev–Trinajstić information content (AvgIpc) is 2.19. The van der Waals surface area contributed by atoms with Crippen LogP contribution in [0.5, 0.6) is 0 Å². The van der Waals surface area contributed by atoms with Crippen molar-refractivity contribution >= 4 is 6.09 Å². The van der Waals surface area contributed by atoms with Crippen LogP contribution in [0.4, 0.5) is 4.79 Å². The van der Waals surface area contributed by atoms with Gasteiger partial charge in [-0.05, 0) is 46.1 Å². The van der Waals surface area contributed by atoms with Crippen LogP contribution in [0.2, 0.25) is 0 Å². The highest BCUT2D eigenvalue weighted by Gasteiger charge is 2.18. The second-order valence-electron chi connectivity index (χ2n) is 6.39. The Morgan fingerprint density at radius 2 is 1.74 bits per heavy atom. The highest BCUT2D eigenvalue weighted by molar-refractivity contribution is 5.67. The molecule has 0 radical (unpaired) electrons. The third-order valence-electron chi connectivity index (χ3n) is 2.70. The number of hydrogen-bond acceptors (Lipinski definition) is 4. The van der Waals surface area contributed by atoms with E-state index in [-0.39, 0.29) is 12.2 Å². The van der Waals surface area contributed by atoms with Crippen molar-refractivity contribution in [3.05, 3.63) is 0 Å². The predicted octanol–water partition coefficient (Wildman–Crippen LogP) is 1.75. The molecule has 1 amide bonds. The number of aliphatic hydroxyl groups excluding tert-OH is 1. The zero-order chi connectivity index (χ0) is 15.1. The van der Waals surface area contributed by atoms with Crippen LogP contribution >= 0.6 is 0 Å². The van der Waals surface area contributed by atoms with E-state index in [0.717, 1.165) is 6.54 Å². The normalized spacial score (nSPS) is 15.2. The van der Waals surface area contributed by atoms with Crippen LogP contribution in [0.15, 0.2) is 0 Å². The fourth-order valence-electron chi connectivity index (χ4n) is 1.55. The van der Waals surface area contributed by atoms with E-state index in [1.807, 2.05) is 20.8 Å². The molecule has 0 rings (SSSR count). The molecule has 2 unspecified atom stereocenters. The van der Waals surface area contributed by atoms with Crippen molar-refractivity contribution in [3.63, 3.8) is 0 Å². The lowest BCUT2D eigenvalue weighted by Gasteiger charge is -2.24. The summed E-state index contributed by atoms with van der Waals surface area (Å²) in [5.41, 5.74) is -0.470. The Kier molecular flexibility index (Phi) is 8.02. The Bertz CT molecular complexity index is 260. The maximum atomic E-state index is 11.6. The van der Waals surface area contributed by atoms with Gasteiger partial charge in [-0.3, -0.25) is 0 Å². The summed E-state index contributed by atoms with van der Waals surface area (Å²) in [5, 5.41) is 15.2. The molecule has 2 atom stereocenters. The van der Waals surface area contributed by atoms with Gasteiger partial charge in [-0.25, -0.2) is 4.79 Å². The molecule has 0 heterocycles. The number of aliphatic hydroxyl groups is 1. The average molecular weight is 274 g/mol. The highest BCUT2D eigenvalue weighted by atomic mass is 16.6. The lowest BCUT2D eigenvalue weighted by atomic mass is 9.96. The molecule has 0 spiro atoms. The molecule has 19 heavy (non-hydrogen) atoms. The smallest absolute Gasteiger partial charge is 0.407 e. The number of alkyl carbamates (subject to hydrolysis) is 1. The minimum atomic E-state index is -0.470. The largest absolute Gasteiger partial charge is 0.444 e. The summed E-state index contributed by atoms with van der Waals surface area (Å²) < 4.78 is 5.20. The second-order valence-corrected chi connectivity index (χ2v) is 6.39. The van der Waals surface area contributed by atoms with Crippen molar-refractivity contribution in [1.82, 2.24) is 10.6 Å². The quantitative estimate of drug-likeness (QED) is 0.661. The van der Waals surface area contributed by atoms with Gasteiger partial charge in [0.1, 0.15) is 5.60 Å². The molecule has 114 valence electrons. The van der Waals surface area contributed by atoms with Crippen LogP contribution in [0.1, 0.15) is 41.5 Å². The fraction of sp³-hybridized carbons (Fsp3) is 0.929. The molecule has 0 saturated heterocycles. The van der Waals surface area contributed by atoms with Gasteiger partial charge in [0.2, 0.25) is 0 Å². The number of carbonyl (C=O) groups is 1. The van der Waals surface area contributed by atoms with E-state index in [2.05, 4.69) is 24.5 Å². The fourth-order valence-corrected chi connectivity index (χ4v) is 1.55. The lowest BCUT2D eigenvalue weighted by molar-refractivity contribution is 0.0514. The highest BCUT2D eigenvalue weighted by Crippen LogP contribution is 2.10. The lowest BCUT2D eigenvalue weighted by Crippen LogP contribution is -2.40. The van der Waals surface area contributed by atoms with E-state index in [1.54, 1.807) is 6.92 Å². The summed E-state index contributed by atoms with van der Waals surface area (Å²) >= 11 is 0. The van der Waals surface area contributed by atoms with Gasteiger partial charge in [-0.2, -0.15) is 0 Å². The monoisotopic (exact) mass is 274 g/mol. The third-order valence-corrected chi connectivity index (χ3v) is 2.70. The van der Waals surface area contributed by atoms with Gasteiger partial charge >= 0.3 is 6.09 Å². The van der Waals surface area contributed by atoms with Crippen molar-refractivity contribution in [3.8, 4) is 0 Å². The number of hydrogen-bond donors (Lipinski definition) is 3. The molecule has 0 aliphatic carbocycles. The summed E-state index contributed by atoms with van der Waals surface area (Å²) in [5.74, 6) is 0.753. The van der Waals surface area contributed by atoms with E-state index in [1.165, 1.54) is 0 Å². The Hall–Kier alpha value is -0.810. The Morgan fingerprint density at radius 1 is 1.16 bits per heavy atom. The molecule has 5 nitrogen and oxygen atoms in total. The zero-order valence-electron chi connectivity index (χ0n) is 13.1. The van der Waals surface area contributed by atoms with Gasteiger partial charge in [-0.1, -0.05) is 13.8 Å². The molecule has 5 heteroatoms. The molecule has 0 fully saturated rings. The van der Waals surface area contributed by atoms with E-state index in [9.17, 15) is 9.90 Å². The van der Waals surface area contributed by atoms with Crippen molar-refractivity contribution in [1.29, 1.82) is 0 Å². The van der Waals surface area contributed by atoms with Crippen molar-refractivity contribution in [2.75, 3.05) is 19.6 Å². The maximum Gasteiger partial charge on any atom is 0.407 e. The Labute approximate surface area is 117 Å². The van der Waals surface area contributed by atoms with Crippen molar-refractivity contribution in [2.45, 2.75) is 53.2 Å². The van der Waals surface area contributed by atoms with Crippen LogP contribution in [0.3, 0.4) is 0 Å². The van der Waals surface area contributed by atoms with Crippen molar-refractivity contribution < 1.29 is 14.6 Å². The molecule has 3 N–H and O–H groups in total. The van der Waals surface area contributed by atoms with Gasteiger partial charge in [0.15, 0.2) is 0 Å². The van der Waals surface area contributed by atoms with E-state index < -0.39 is 5.60 Å². The van der Waals surface area contributed by atoms with E-state index >= 15 is 0 Å². The standard InChI is InChI=1S/C14H30N2O3/c1-10(2)12(8-15-7-11(3)17)9-16-13(18)19-14(4,5)6/h10-12,15,17H,7-9H2,1-6H3,(H,16,18). The molecule has 0 aromatic rings. The summed E-state index contributed by atoms with van der Waals surface area (Å²) in [4.78, 5) is 11.6. The number of ether oxygens (including phenoxy) is 1. The molecule has 0 aliphatic rings. The first kappa shape index (κ1) is 18.2. The molecule has 0 aliphatic heterocycles. The predicted molar refractivity (Wildman–Crippen MR) is 77.1 cm³/mol. The molecule has 0 aromatic carbocycles. The number of nitrogens with one attached hydrogen (secondary N) is 2. The number of carbonyl (C=O) groups excluding carboxylic acids is 1. The minimum Gasteiger partial charge on any atom is -0.444 e. The topological polar surface area (TPSA) is 70.6 Å². The molecular formula is C14H30N2O3. The van der Waals surface area contributed by atoms with Gasteiger partial charge in [-0.15, -0.1) is 0 Å². The first-order valence-electron chi connectivity index (χ1n) is 6.97. The zero-order valence-corrected chi connectivity index (χ0v) is 13.1. The third kappa shape index (κ3) is 10.8. The Balaban J connectivity index is 4.04. The molecule has 0 aromatic heterocycles. The Morgan fingerprint density at radius 3 is 2.16 bits per heavy atom. The summed E-state index contributed by atoms with van der Waals surface area (Å²) in [7, 11) is 0. The van der Waals surface area contributed by atoms with Crippen LogP contribution in [-0.2, 0) is 4.74 Å². The maximum absolute atomic E-state index is 11.6. The van der Waals surface area contributed by atoms with Gasteiger partial charge in [0.05, 0.1) is 6.10 Å². The van der Waals surface area contributed by atoms with Gasteiger partial charge in [0, 0.05) is 13.1 Å². The van der Waals surface area contributed by atoms with Gasteiger partial charge in [0.25, 0.3) is 0 Å². The summed E-state index contributed by atoms with van der Waals surface area (Å²) in [6.45, 7) is 13.4. The molecular weight excluding hydrogens is 244 g/mol. The van der Waals surface area contributed by atoms with Crippen LogP contribution in [0.25, 0.3) is 0 Å². The van der Waals surface area contributed by atoms with Crippen LogP contribution < -0.4 is 10.6 Å². The summed E-state index contributed by atoms with van der Waals surface area (Å²) in [6, 6.07) is 0. The van der Waals surface area contributed by atoms with Crippen molar-refractivity contribution in [2.24, 2.45) is 11.8 Å².